The molecule has 1 unspecified atom stereocenters. The molecule has 0 aromatic heterocycles. The van der Waals surface area contributed by atoms with Crippen molar-refractivity contribution in [2.75, 3.05) is 26.3 Å². The predicted molar refractivity (Wildman–Crippen MR) is 68.0 cm³/mol. The van der Waals surface area contributed by atoms with Gasteiger partial charge in [0.05, 0.1) is 0 Å². The Morgan fingerprint density at radius 3 is 2.07 bits per heavy atom. The zero-order valence-electron chi connectivity index (χ0n) is 10.7. The van der Waals surface area contributed by atoms with Crippen LogP contribution in [0.1, 0.15) is 27.7 Å². The number of hydrogen-bond acceptors (Lipinski definition) is 3. The van der Waals surface area contributed by atoms with Gasteiger partial charge in [-0.15, -0.1) is 0 Å². The van der Waals surface area contributed by atoms with Crippen molar-refractivity contribution in [2.24, 2.45) is 0 Å². The molecule has 1 N–H and O–H groups in total. The first-order chi connectivity index (χ1) is 7.29. The van der Waals surface area contributed by atoms with Crippen molar-refractivity contribution in [3.05, 3.63) is 0 Å². The molecular weight excluding hydrogens is 206 g/mol. The molecule has 0 spiro atoms. The SMILES string of the molecule is CCNCC[SiH](CC)C(OCC)OCC. The summed E-state index contributed by atoms with van der Waals surface area (Å²) in [6.45, 7) is 12.2. The molecular formula is C11H27NO2Si. The van der Waals surface area contributed by atoms with Crippen LogP contribution in [0.5, 0.6) is 0 Å². The molecule has 0 saturated carbocycles. The minimum Gasteiger partial charge on any atom is -0.357 e. The van der Waals surface area contributed by atoms with Crippen molar-refractivity contribution < 1.29 is 9.47 Å². The van der Waals surface area contributed by atoms with Gasteiger partial charge in [0.1, 0.15) is 14.7 Å². The standard InChI is InChI=1S/C11H27NO2Si/c1-5-12-9-10-15(8-4)11(13-6-2)14-7-3/h11-12,15H,5-10H2,1-4H3. The highest BCUT2D eigenvalue weighted by Gasteiger charge is 2.21. The molecule has 15 heavy (non-hydrogen) atoms. The molecule has 0 aliphatic rings. The van der Waals surface area contributed by atoms with E-state index in [1.165, 1.54) is 12.1 Å². The van der Waals surface area contributed by atoms with Crippen LogP contribution in [0.4, 0.5) is 0 Å². The molecule has 0 aliphatic heterocycles. The Morgan fingerprint density at radius 2 is 1.67 bits per heavy atom. The predicted octanol–water partition coefficient (Wildman–Crippen LogP) is 1.78. The van der Waals surface area contributed by atoms with Crippen molar-refractivity contribution in [1.82, 2.24) is 5.32 Å². The average Bonchev–Trinajstić information content (AvgIpc) is 2.24. The fourth-order valence-electron chi connectivity index (χ4n) is 1.65. The summed E-state index contributed by atoms with van der Waals surface area (Å²) in [5.74, 6) is 0.114. The van der Waals surface area contributed by atoms with E-state index >= 15 is 0 Å². The zero-order valence-corrected chi connectivity index (χ0v) is 11.9. The molecule has 0 aliphatic carbocycles. The second kappa shape index (κ2) is 10.6. The highest BCUT2D eigenvalue weighted by atomic mass is 28.3. The van der Waals surface area contributed by atoms with E-state index in [1.54, 1.807) is 0 Å². The van der Waals surface area contributed by atoms with Crippen molar-refractivity contribution in [2.45, 2.75) is 45.7 Å². The summed E-state index contributed by atoms with van der Waals surface area (Å²) in [6, 6.07) is 2.51. The van der Waals surface area contributed by atoms with Gasteiger partial charge in [-0.2, -0.15) is 0 Å². The van der Waals surface area contributed by atoms with E-state index in [4.69, 9.17) is 9.47 Å². The monoisotopic (exact) mass is 233 g/mol. The quantitative estimate of drug-likeness (QED) is 0.354. The van der Waals surface area contributed by atoms with Gasteiger partial charge in [-0.25, -0.2) is 0 Å². The minimum absolute atomic E-state index is 0.114. The topological polar surface area (TPSA) is 30.5 Å². The van der Waals surface area contributed by atoms with Crippen LogP contribution >= 0.6 is 0 Å². The van der Waals surface area contributed by atoms with Crippen LogP contribution in [0.3, 0.4) is 0 Å². The summed E-state index contributed by atoms with van der Waals surface area (Å²) in [5, 5.41) is 3.38. The van der Waals surface area contributed by atoms with Gasteiger partial charge >= 0.3 is 0 Å². The first kappa shape index (κ1) is 15.1. The summed E-state index contributed by atoms with van der Waals surface area (Å²) in [4.78, 5) is 0. The molecule has 0 aromatic carbocycles. The lowest BCUT2D eigenvalue weighted by molar-refractivity contribution is -0.0857. The van der Waals surface area contributed by atoms with E-state index in [-0.39, 0.29) is 5.91 Å². The van der Waals surface area contributed by atoms with Gasteiger partial charge in [0, 0.05) is 13.2 Å². The van der Waals surface area contributed by atoms with E-state index in [9.17, 15) is 0 Å². The molecule has 0 rings (SSSR count). The molecule has 0 aromatic rings. The fraction of sp³-hybridized carbons (Fsp3) is 1.00. The Morgan fingerprint density at radius 1 is 1.07 bits per heavy atom. The summed E-state index contributed by atoms with van der Waals surface area (Å²) in [6.07, 6.45) is 0. The smallest absolute Gasteiger partial charge is 0.138 e. The van der Waals surface area contributed by atoms with Crippen LogP contribution in [0, 0.1) is 0 Å². The third kappa shape index (κ3) is 7.06. The van der Waals surface area contributed by atoms with Crippen LogP contribution in [0.25, 0.3) is 0 Å². The van der Waals surface area contributed by atoms with Gasteiger partial charge in [-0.1, -0.05) is 19.9 Å². The Balaban J connectivity index is 3.93. The van der Waals surface area contributed by atoms with E-state index in [0.29, 0.717) is 0 Å². The molecule has 92 valence electrons. The molecule has 4 heteroatoms. The Hall–Kier alpha value is 0.0969. The number of rotatable bonds is 10. The molecule has 0 saturated heterocycles. The third-order valence-electron chi connectivity index (χ3n) is 2.51. The molecule has 1 atom stereocenters. The van der Waals surface area contributed by atoms with Gasteiger partial charge < -0.3 is 14.8 Å². The van der Waals surface area contributed by atoms with Crippen molar-refractivity contribution >= 4 is 8.80 Å². The summed E-state index contributed by atoms with van der Waals surface area (Å²) in [7, 11) is -0.902. The van der Waals surface area contributed by atoms with Gasteiger partial charge in [-0.3, -0.25) is 0 Å². The second-order valence-corrected chi connectivity index (χ2v) is 7.05. The molecule has 0 radical (unpaired) electrons. The van der Waals surface area contributed by atoms with Gasteiger partial charge in [0.25, 0.3) is 0 Å². The van der Waals surface area contributed by atoms with Gasteiger partial charge in [-0.05, 0) is 33.0 Å². The average molecular weight is 233 g/mol. The number of hydrogen-bond donors (Lipinski definition) is 1. The molecule has 0 bridgehead atoms. The van der Waals surface area contributed by atoms with Crippen molar-refractivity contribution in [3.8, 4) is 0 Å². The summed E-state index contributed by atoms with van der Waals surface area (Å²) < 4.78 is 11.4. The van der Waals surface area contributed by atoms with E-state index in [0.717, 1.165) is 26.3 Å². The summed E-state index contributed by atoms with van der Waals surface area (Å²) in [5.41, 5.74) is 0. The molecule has 3 nitrogen and oxygen atoms in total. The van der Waals surface area contributed by atoms with Crippen LogP contribution in [-0.4, -0.2) is 41.0 Å². The molecule has 0 fully saturated rings. The van der Waals surface area contributed by atoms with Crippen LogP contribution in [-0.2, 0) is 9.47 Å². The zero-order chi connectivity index (χ0) is 11.5. The highest BCUT2D eigenvalue weighted by molar-refractivity contribution is 6.59. The normalized spacial score (nSPS) is 13.4. The Kier molecular flexibility index (Phi) is 10.7. The van der Waals surface area contributed by atoms with Gasteiger partial charge in [0.2, 0.25) is 0 Å². The number of nitrogens with one attached hydrogen (secondary N) is 1. The van der Waals surface area contributed by atoms with E-state index in [1.807, 2.05) is 13.8 Å². The first-order valence-electron chi connectivity index (χ1n) is 6.23. The van der Waals surface area contributed by atoms with Crippen molar-refractivity contribution in [3.63, 3.8) is 0 Å². The maximum absolute atomic E-state index is 5.68. The third-order valence-corrected chi connectivity index (χ3v) is 5.75. The lowest BCUT2D eigenvalue weighted by Crippen LogP contribution is -2.37. The van der Waals surface area contributed by atoms with Crippen molar-refractivity contribution in [1.29, 1.82) is 0 Å². The lowest BCUT2D eigenvalue weighted by Gasteiger charge is -2.24. The maximum atomic E-state index is 5.68. The fourth-order valence-corrected chi connectivity index (χ4v) is 4.22. The van der Waals surface area contributed by atoms with E-state index in [2.05, 4.69) is 19.2 Å². The number of ether oxygens (including phenoxy) is 2. The second-order valence-electron chi connectivity index (χ2n) is 3.59. The lowest BCUT2D eigenvalue weighted by atomic mass is 10.7. The van der Waals surface area contributed by atoms with Crippen LogP contribution in [0.2, 0.25) is 12.1 Å². The van der Waals surface area contributed by atoms with Crippen LogP contribution in [0.15, 0.2) is 0 Å². The van der Waals surface area contributed by atoms with Gasteiger partial charge in [0.15, 0.2) is 0 Å². The maximum Gasteiger partial charge on any atom is 0.138 e. The summed E-state index contributed by atoms with van der Waals surface area (Å²) >= 11 is 0. The highest BCUT2D eigenvalue weighted by Crippen LogP contribution is 2.09. The molecule has 0 amide bonds. The van der Waals surface area contributed by atoms with Crippen LogP contribution < -0.4 is 5.32 Å². The van der Waals surface area contributed by atoms with E-state index < -0.39 is 8.80 Å². The minimum atomic E-state index is -0.902. The molecule has 0 heterocycles. The Labute approximate surface area is 96.1 Å². The largest absolute Gasteiger partial charge is 0.357 e. The first-order valence-corrected chi connectivity index (χ1v) is 8.53. The Bertz CT molecular complexity index is 130.